The smallest absolute Gasteiger partial charge is 0.347 e. The molecule has 0 fully saturated rings. The molecule has 2 heterocycles. The predicted molar refractivity (Wildman–Crippen MR) is 88.8 cm³/mol. The van der Waals surface area contributed by atoms with Crippen LogP contribution in [0, 0.1) is 0 Å². The van der Waals surface area contributed by atoms with E-state index in [4.69, 9.17) is 23.4 Å². The second-order valence-electron chi connectivity index (χ2n) is 5.38. The summed E-state index contributed by atoms with van der Waals surface area (Å²) >= 11 is 0. The molecule has 0 bridgehead atoms. The summed E-state index contributed by atoms with van der Waals surface area (Å²) in [5.41, 5.74) is -0.0353. The highest BCUT2D eigenvalue weighted by molar-refractivity contribution is 5.95. The van der Waals surface area contributed by atoms with E-state index in [1.807, 2.05) is 0 Å². The van der Waals surface area contributed by atoms with Gasteiger partial charge in [-0.05, 0) is 17.7 Å². The van der Waals surface area contributed by atoms with Gasteiger partial charge in [0.1, 0.15) is 33.8 Å². The van der Waals surface area contributed by atoms with Crippen LogP contribution in [0.25, 0.3) is 22.1 Å². The second-order valence-corrected chi connectivity index (χ2v) is 5.38. The van der Waals surface area contributed by atoms with E-state index in [0.717, 1.165) is 0 Å². The van der Waals surface area contributed by atoms with Crippen LogP contribution < -0.4 is 24.6 Å². The van der Waals surface area contributed by atoms with E-state index in [1.54, 1.807) is 24.3 Å². The fourth-order valence-electron chi connectivity index (χ4n) is 2.84. The van der Waals surface area contributed by atoms with Crippen molar-refractivity contribution < 1.29 is 28.5 Å². The number of aromatic hydroxyl groups is 1. The topological polar surface area (TPSA) is 87.4 Å². The lowest BCUT2D eigenvalue weighted by Crippen LogP contribution is -2.04. The van der Waals surface area contributed by atoms with Crippen molar-refractivity contribution in [1.29, 1.82) is 0 Å². The minimum absolute atomic E-state index is 0.0225. The molecule has 0 aliphatic carbocycles. The molecular formula is C18H14O7. The lowest BCUT2D eigenvalue weighted by molar-refractivity contribution is 0.174. The summed E-state index contributed by atoms with van der Waals surface area (Å²) in [4.78, 5) is 12.5. The van der Waals surface area contributed by atoms with E-state index in [2.05, 4.69) is 0 Å². The van der Waals surface area contributed by atoms with Gasteiger partial charge in [-0.15, -0.1) is 0 Å². The molecule has 0 spiro atoms. The van der Waals surface area contributed by atoms with Crippen LogP contribution in [0.5, 0.6) is 28.7 Å². The van der Waals surface area contributed by atoms with Gasteiger partial charge in [-0.1, -0.05) is 6.07 Å². The van der Waals surface area contributed by atoms with E-state index in [0.29, 0.717) is 28.6 Å². The molecule has 0 saturated carbocycles. The first-order valence-corrected chi connectivity index (χ1v) is 7.44. The first kappa shape index (κ1) is 15.2. The Kier molecular flexibility index (Phi) is 3.42. The number of ether oxygens (including phenoxy) is 4. The van der Waals surface area contributed by atoms with E-state index in [9.17, 15) is 9.90 Å². The lowest BCUT2D eigenvalue weighted by Gasteiger charge is -2.12. The van der Waals surface area contributed by atoms with Gasteiger partial charge in [0, 0.05) is 12.1 Å². The summed E-state index contributed by atoms with van der Waals surface area (Å²) in [6.07, 6.45) is 0. The molecule has 0 radical (unpaired) electrons. The van der Waals surface area contributed by atoms with Gasteiger partial charge < -0.3 is 28.5 Å². The Hall–Kier alpha value is -3.35. The van der Waals surface area contributed by atoms with Crippen LogP contribution >= 0.6 is 0 Å². The molecular weight excluding hydrogens is 328 g/mol. The van der Waals surface area contributed by atoms with Crippen molar-refractivity contribution in [2.24, 2.45) is 0 Å². The molecule has 1 aliphatic rings. The Morgan fingerprint density at radius 1 is 1.04 bits per heavy atom. The van der Waals surface area contributed by atoms with Gasteiger partial charge in [-0.3, -0.25) is 0 Å². The number of hydrogen-bond donors (Lipinski definition) is 1. The first-order valence-electron chi connectivity index (χ1n) is 7.44. The molecule has 2 aromatic carbocycles. The molecule has 0 atom stereocenters. The summed E-state index contributed by atoms with van der Waals surface area (Å²) in [5, 5.41) is 11.0. The van der Waals surface area contributed by atoms with Gasteiger partial charge in [0.05, 0.1) is 14.2 Å². The molecule has 25 heavy (non-hydrogen) atoms. The Morgan fingerprint density at radius 2 is 1.84 bits per heavy atom. The second kappa shape index (κ2) is 5.62. The van der Waals surface area contributed by atoms with Crippen LogP contribution in [0.2, 0.25) is 0 Å². The molecule has 4 rings (SSSR count). The zero-order valence-corrected chi connectivity index (χ0v) is 13.5. The Balaban J connectivity index is 2.00. The fraction of sp³-hybridized carbons (Fsp3) is 0.167. The van der Waals surface area contributed by atoms with Gasteiger partial charge in [0.2, 0.25) is 6.79 Å². The number of benzene rings is 2. The van der Waals surface area contributed by atoms with Gasteiger partial charge in [-0.2, -0.15) is 0 Å². The van der Waals surface area contributed by atoms with Crippen LogP contribution in [0.1, 0.15) is 0 Å². The average molecular weight is 342 g/mol. The van der Waals surface area contributed by atoms with Gasteiger partial charge >= 0.3 is 5.63 Å². The van der Waals surface area contributed by atoms with Crippen molar-refractivity contribution in [2.75, 3.05) is 21.0 Å². The Morgan fingerprint density at radius 3 is 2.60 bits per heavy atom. The molecule has 0 amide bonds. The summed E-state index contributed by atoms with van der Waals surface area (Å²) < 4.78 is 26.4. The summed E-state index contributed by atoms with van der Waals surface area (Å²) in [5.74, 6) is 1.62. The minimum atomic E-state index is -0.681. The number of methoxy groups -OCH3 is 2. The standard InChI is InChI=1S/C18H14O7/c1-21-10-6-13(22-2)16-14(7-10)25-18(20)15(17(16)19)9-3-4-11-12(5-9)24-8-23-11/h3-7,19H,8H2,1-2H3. The zero-order chi connectivity index (χ0) is 17.6. The molecule has 0 unspecified atom stereocenters. The van der Waals surface area contributed by atoms with Gasteiger partial charge in [0.25, 0.3) is 0 Å². The van der Waals surface area contributed by atoms with Crippen LogP contribution in [0.3, 0.4) is 0 Å². The van der Waals surface area contributed by atoms with Crippen LogP contribution in [-0.2, 0) is 0 Å². The monoisotopic (exact) mass is 342 g/mol. The third-order valence-electron chi connectivity index (χ3n) is 4.04. The lowest BCUT2D eigenvalue weighted by atomic mass is 10.0. The van der Waals surface area contributed by atoms with Gasteiger partial charge in [-0.25, -0.2) is 4.79 Å². The fourth-order valence-corrected chi connectivity index (χ4v) is 2.84. The zero-order valence-electron chi connectivity index (χ0n) is 13.5. The molecule has 1 aromatic heterocycles. The van der Waals surface area contributed by atoms with E-state index >= 15 is 0 Å². The Labute approximate surface area is 141 Å². The maximum atomic E-state index is 12.5. The van der Waals surface area contributed by atoms with Crippen molar-refractivity contribution in [2.45, 2.75) is 0 Å². The van der Waals surface area contributed by atoms with Crippen molar-refractivity contribution in [1.82, 2.24) is 0 Å². The molecule has 0 saturated heterocycles. The third kappa shape index (κ3) is 2.32. The van der Waals surface area contributed by atoms with Gasteiger partial charge in [0.15, 0.2) is 11.5 Å². The highest BCUT2D eigenvalue weighted by Gasteiger charge is 2.22. The molecule has 1 N–H and O–H groups in total. The van der Waals surface area contributed by atoms with Crippen molar-refractivity contribution in [3.63, 3.8) is 0 Å². The van der Waals surface area contributed by atoms with Crippen LogP contribution in [0.4, 0.5) is 0 Å². The third-order valence-corrected chi connectivity index (χ3v) is 4.04. The SMILES string of the molecule is COc1cc(OC)c2c(O)c(-c3ccc4c(c3)OCO4)c(=O)oc2c1. The maximum Gasteiger partial charge on any atom is 0.347 e. The number of fused-ring (bicyclic) bond motifs is 2. The average Bonchev–Trinajstić information content (AvgIpc) is 3.08. The predicted octanol–water partition coefficient (Wildman–Crippen LogP) is 2.91. The molecule has 7 nitrogen and oxygen atoms in total. The summed E-state index contributed by atoms with van der Waals surface area (Å²) in [6.45, 7) is 0.116. The quantitative estimate of drug-likeness (QED) is 0.732. The van der Waals surface area contributed by atoms with Crippen molar-refractivity contribution >= 4 is 11.0 Å². The van der Waals surface area contributed by atoms with E-state index in [1.165, 1.54) is 20.3 Å². The molecule has 3 aromatic rings. The molecule has 1 aliphatic heterocycles. The normalized spacial score (nSPS) is 12.4. The van der Waals surface area contributed by atoms with Crippen LogP contribution in [0.15, 0.2) is 39.5 Å². The molecule has 7 heteroatoms. The highest BCUT2D eigenvalue weighted by Crippen LogP contribution is 2.42. The maximum absolute atomic E-state index is 12.5. The van der Waals surface area contributed by atoms with Crippen LogP contribution in [-0.4, -0.2) is 26.1 Å². The largest absolute Gasteiger partial charge is 0.506 e. The highest BCUT2D eigenvalue weighted by atomic mass is 16.7. The Bertz CT molecular complexity index is 1040. The van der Waals surface area contributed by atoms with E-state index in [-0.39, 0.29) is 29.1 Å². The molecule has 128 valence electrons. The summed E-state index contributed by atoms with van der Waals surface area (Å²) in [6, 6.07) is 8.07. The van der Waals surface area contributed by atoms with Crippen molar-refractivity contribution in [3.8, 4) is 39.9 Å². The van der Waals surface area contributed by atoms with Crippen molar-refractivity contribution in [3.05, 3.63) is 40.8 Å². The first-order chi connectivity index (χ1) is 12.1. The number of hydrogen-bond acceptors (Lipinski definition) is 7. The minimum Gasteiger partial charge on any atom is -0.506 e. The van der Waals surface area contributed by atoms with E-state index < -0.39 is 5.63 Å². The summed E-state index contributed by atoms with van der Waals surface area (Å²) in [7, 11) is 2.94. The number of rotatable bonds is 3.